The third kappa shape index (κ3) is 3.16. The highest BCUT2D eigenvalue weighted by Gasteiger charge is 2.15. The van der Waals surface area contributed by atoms with Crippen molar-refractivity contribution in [2.75, 3.05) is 5.32 Å². The Hall–Kier alpha value is -2.66. The van der Waals surface area contributed by atoms with Crippen LogP contribution in [0.25, 0.3) is 5.65 Å². The van der Waals surface area contributed by atoms with E-state index < -0.39 is 0 Å². The number of carbonyl (C=O) groups excluding carboxylic acids is 1. The summed E-state index contributed by atoms with van der Waals surface area (Å²) in [5.41, 5.74) is 3.22. The predicted octanol–water partition coefficient (Wildman–Crippen LogP) is 3.38. The Morgan fingerprint density at radius 1 is 1.17 bits per heavy atom. The number of carbonyl (C=O) groups is 1. The van der Waals surface area contributed by atoms with E-state index in [-0.39, 0.29) is 17.9 Å². The second-order valence-corrected chi connectivity index (χ2v) is 6.81. The Morgan fingerprint density at radius 3 is 2.50 bits per heavy atom. The quantitative estimate of drug-likeness (QED) is 0.776. The molecule has 0 radical (unpaired) electrons. The van der Waals surface area contributed by atoms with Crippen LogP contribution in [0.1, 0.15) is 42.4 Å². The van der Waals surface area contributed by atoms with E-state index >= 15 is 0 Å². The lowest BCUT2D eigenvalue weighted by Gasteiger charge is -2.18. The van der Waals surface area contributed by atoms with Crippen molar-refractivity contribution in [3.05, 3.63) is 65.5 Å². The molecule has 0 saturated carbocycles. The summed E-state index contributed by atoms with van der Waals surface area (Å²) < 4.78 is 1.76. The molecule has 3 rings (SSSR count). The molecule has 2 aromatic heterocycles. The van der Waals surface area contributed by atoms with Crippen LogP contribution in [0.4, 0.5) is 5.82 Å². The van der Waals surface area contributed by atoms with Crippen LogP contribution in [0.15, 0.2) is 48.7 Å². The van der Waals surface area contributed by atoms with Crippen molar-refractivity contribution in [1.29, 1.82) is 0 Å². The van der Waals surface area contributed by atoms with Crippen LogP contribution in [-0.4, -0.2) is 20.4 Å². The van der Waals surface area contributed by atoms with Gasteiger partial charge in [-0.25, -0.2) is 4.98 Å². The number of pyridine rings is 1. The average molecular weight is 323 g/mol. The van der Waals surface area contributed by atoms with E-state index in [9.17, 15) is 9.90 Å². The van der Waals surface area contributed by atoms with Crippen LogP contribution >= 0.6 is 0 Å². The van der Waals surface area contributed by atoms with Gasteiger partial charge in [-0.15, -0.1) is 0 Å². The standard InChI is InChI=1S/C19H21N3O2/c1-19(2,3)14-9-7-13(8-10-14)18(24)21-16-11-22-15(12-23)5-4-6-17(22)20-16/h4-11,23H,12H2,1-3H3,(H,21,24). The molecule has 0 saturated heterocycles. The number of aliphatic hydroxyl groups excluding tert-OH is 1. The van der Waals surface area contributed by atoms with E-state index in [1.54, 1.807) is 10.6 Å². The number of benzene rings is 1. The zero-order valence-corrected chi connectivity index (χ0v) is 14.1. The molecule has 24 heavy (non-hydrogen) atoms. The van der Waals surface area contributed by atoms with Gasteiger partial charge in [0.1, 0.15) is 5.65 Å². The summed E-state index contributed by atoms with van der Waals surface area (Å²) in [4.78, 5) is 16.8. The molecular weight excluding hydrogens is 302 g/mol. The number of aliphatic hydroxyl groups is 1. The lowest BCUT2D eigenvalue weighted by atomic mass is 9.87. The molecule has 5 heteroatoms. The number of aromatic nitrogens is 2. The molecule has 1 amide bonds. The number of fused-ring (bicyclic) bond motifs is 1. The maximum absolute atomic E-state index is 12.4. The fraction of sp³-hybridized carbons (Fsp3) is 0.263. The zero-order valence-electron chi connectivity index (χ0n) is 14.1. The van der Waals surface area contributed by atoms with Crippen LogP contribution < -0.4 is 5.32 Å². The van der Waals surface area contributed by atoms with Crippen LogP contribution in [0.3, 0.4) is 0 Å². The Morgan fingerprint density at radius 2 is 1.88 bits per heavy atom. The Kier molecular flexibility index (Phi) is 4.11. The summed E-state index contributed by atoms with van der Waals surface area (Å²) in [6.07, 6.45) is 1.71. The molecular formula is C19H21N3O2. The molecule has 0 aliphatic rings. The highest BCUT2D eigenvalue weighted by molar-refractivity contribution is 6.03. The first-order valence-electron chi connectivity index (χ1n) is 7.88. The molecule has 2 heterocycles. The van der Waals surface area contributed by atoms with Gasteiger partial charge in [0.05, 0.1) is 12.8 Å². The SMILES string of the molecule is CC(C)(C)c1ccc(C(=O)Nc2cn3c(CO)cccc3n2)cc1. The summed E-state index contributed by atoms with van der Waals surface area (Å²) in [5.74, 6) is 0.255. The fourth-order valence-corrected chi connectivity index (χ4v) is 2.57. The molecule has 3 aromatic rings. The summed E-state index contributed by atoms with van der Waals surface area (Å²) in [5, 5.41) is 12.2. The fourth-order valence-electron chi connectivity index (χ4n) is 2.57. The maximum atomic E-state index is 12.4. The van der Waals surface area contributed by atoms with Crippen LogP contribution in [0, 0.1) is 0 Å². The summed E-state index contributed by atoms with van der Waals surface area (Å²) in [6.45, 7) is 6.32. The monoisotopic (exact) mass is 323 g/mol. The number of hydrogen-bond donors (Lipinski definition) is 2. The third-order valence-corrected chi connectivity index (χ3v) is 3.99. The first kappa shape index (κ1) is 16.2. The molecule has 0 bridgehead atoms. The molecule has 0 atom stereocenters. The van der Waals surface area contributed by atoms with Gasteiger partial charge in [0.2, 0.25) is 0 Å². The maximum Gasteiger partial charge on any atom is 0.256 e. The number of nitrogens with one attached hydrogen (secondary N) is 1. The molecule has 0 fully saturated rings. The molecule has 0 spiro atoms. The van der Waals surface area contributed by atoms with Crippen LogP contribution in [0.5, 0.6) is 0 Å². The van der Waals surface area contributed by atoms with E-state index in [0.29, 0.717) is 17.0 Å². The Balaban J connectivity index is 1.82. The first-order valence-corrected chi connectivity index (χ1v) is 7.88. The number of anilines is 1. The van der Waals surface area contributed by atoms with E-state index in [1.165, 1.54) is 5.56 Å². The minimum absolute atomic E-state index is 0.0529. The normalized spacial score (nSPS) is 11.7. The van der Waals surface area contributed by atoms with Crippen molar-refractivity contribution in [2.24, 2.45) is 0 Å². The number of amides is 1. The molecule has 0 aliphatic heterocycles. The molecule has 1 aromatic carbocycles. The van der Waals surface area contributed by atoms with Gasteiger partial charge < -0.3 is 10.4 Å². The van der Waals surface area contributed by atoms with Gasteiger partial charge >= 0.3 is 0 Å². The van der Waals surface area contributed by atoms with Gasteiger partial charge in [-0.1, -0.05) is 39.0 Å². The lowest BCUT2D eigenvalue weighted by Crippen LogP contribution is -2.14. The van der Waals surface area contributed by atoms with Crippen molar-refractivity contribution in [1.82, 2.24) is 9.38 Å². The smallest absolute Gasteiger partial charge is 0.256 e. The topological polar surface area (TPSA) is 66.6 Å². The van der Waals surface area contributed by atoms with E-state index in [2.05, 4.69) is 31.1 Å². The molecule has 0 aliphatic carbocycles. The van der Waals surface area contributed by atoms with Crippen molar-refractivity contribution in [3.63, 3.8) is 0 Å². The van der Waals surface area contributed by atoms with Crippen LogP contribution in [-0.2, 0) is 12.0 Å². The van der Waals surface area contributed by atoms with Gasteiger partial charge in [0.25, 0.3) is 5.91 Å². The van der Waals surface area contributed by atoms with Crippen molar-refractivity contribution in [3.8, 4) is 0 Å². The lowest BCUT2D eigenvalue weighted by molar-refractivity contribution is 0.102. The second kappa shape index (κ2) is 6.09. The van der Waals surface area contributed by atoms with Crippen LogP contribution in [0.2, 0.25) is 0 Å². The van der Waals surface area contributed by atoms with Crippen molar-refractivity contribution in [2.45, 2.75) is 32.8 Å². The van der Waals surface area contributed by atoms with E-state index in [1.807, 2.05) is 42.5 Å². The second-order valence-electron chi connectivity index (χ2n) is 6.81. The summed E-state index contributed by atoms with van der Waals surface area (Å²) in [7, 11) is 0. The number of nitrogens with zero attached hydrogens (tertiary/aromatic N) is 2. The third-order valence-electron chi connectivity index (χ3n) is 3.99. The molecule has 124 valence electrons. The Labute approximate surface area is 141 Å². The average Bonchev–Trinajstić information content (AvgIpc) is 2.96. The highest BCUT2D eigenvalue weighted by atomic mass is 16.3. The predicted molar refractivity (Wildman–Crippen MR) is 94.2 cm³/mol. The summed E-state index contributed by atoms with van der Waals surface area (Å²) >= 11 is 0. The molecule has 0 unspecified atom stereocenters. The van der Waals surface area contributed by atoms with Gasteiger partial charge in [-0.3, -0.25) is 9.20 Å². The number of hydrogen-bond acceptors (Lipinski definition) is 3. The highest BCUT2D eigenvalue weighted by Crippen LogP contribution is 2.22. The summed E-state index contributed by atoms with van der Waals surface area (Å²) in [6, 6.07) is 13.1. The van der Waals surface area contributed by atoms with E-state index in [4.69, 9.17) is 0 Å². The Bertz CT molecular complexity index is 874. The molecule has 5 nitrogen and oxygen atoms in total. The zero-order chi connectivity index (χ0) is 17.3. The number of imidazole rings is 1. The van der Waals surface area contributed by atoms with Crippen molar-refractivity contribution >= 4 is 17.4 Å². The number of rotatable bonds is 3. The van der Waals surface area contributed by atoms with E-state index in [0.717, 1.165) is 5.69 Å². The largest absolute Gasteiger partial charge is 0.390 e. The first-order chi connectivity index (χ1) is 11.4. The van der Waals surface area contributed by atoms with Gasteiger partial charge in [-0.2, -0.15) is 0 Å². The minimum atomic E-state index is -0.204. The van der Waals surface area contributed by atoms with Gasteiger partial charge in [0, 0.05) is 11.3 Å². The van der Waals surface area contributed by atoms with Gasteiger partial charge in [0.15, 0.2) is 5.82 Å². The minimum Gasteiger partial charge on any atom is -0.390 e. The van der Waals surface area contributed by atoms with Crippen molar-refractivity contribution < 1.29 is 9.90 Å². The molecule has 2 N–H and O–H groups in total. The van der Waals surface area contributed by atoms with Gasteiger partial charge in [-0.05, 0) is 35.2 Å².